The Morgan fingerprint density at radius 1 is 1.17 bits per heavy atom. The van der Waals surface area contributed by atoms with Crippen LogP contribution in [0, 0.1) is 5.82 Å². The summed E-state index contributed by atoms with van der Waals surface area (Å²) in [6.07, 6.45) is 8.59. The molecule has 0 spiro atoms. The highest BCUT2D eigenvalue weighted by Gasteiger charge is 2.19. The normalized spacial score (nSPS) is 14.9. The molecule has 24 heavy (non-hydrogen) atoms. The maximum Gasteiger partial charge on any atom is 0.241 e. The molecule has 1 aliphatic rings. The zero-order chi connectivity index (χ0) is 17.6. The fourth-order valence-corrected chi connectivity index (χ4v) is 3.79. The van der Waals surface area contributed by atoms with Gasteiger partial charge in [-0.3, -0.25) is 0 Å². The van der Waals surface area contributed by atoms with Crippen molar-refractivity contribution in [3.8, 4) is 0 Å². The molecule has 0 bridgehead atoms. The first-order valence-corrected chi connectivity index (χ1v) is 12.4. The van der Waals surface area contributed by atoms with Crippen LogP contribution in [0.3, 0.4) is 0 Å². The molecule has 0 aliphatic heterocycles. The van der Waals surface area contributed by atoms with E-state index < -0.39 is 8.32 Å². The van der Waals surface area contributed by atoms with Crippen LogP contribution < -0.4 is 0 Å². The van der Waals surface area contributed by atoms with Gasteiger partial charge in [-0.25, -0.2) is 4.39 Å². The van der Waals surface area contributed by atoms with Gasteiger partial charge in [0, 0.05) is 12.0 Å². The van der Waals surface area contributed by atoms with Crippen molar-refractivity contribution in [2.75, 3.05) is 0 Å². The second-order valence-electron chi connectivity index (χ2n) is 7.42. The summed E-state index contributed by atoms with van der Waals surface area (Å²) in [5, 5.41) is 0. The zero-order valence-corrected chi connectivity index (χ0v) is 16.4. The van der Waals surface area contributed by atoms with Crippen LogP contribution in [-0.4, -0.2) is 8.32 Å². The standard InChI is InChI=1S/C21H29FOSi/c1-5-6-9-19(18-11-13-20(22)14-12-18)15-17-8-7-10-21(16-17)23-24(2,3)4/h11-14,16H,5-10H2,1-4H3. The average molecular weight is 345 g/mol. The summed E-state index contributed by atoms with van der Waals surface area (Å²) in [5.74, 6) is 0.918. The summed E-state index contributed by atoms with van der Waals surface area (Å²) in [6.45, 7) is 8.84. The van der Waals surface area contributed by atoms with E-state index in [4.69, 9.17) is 4.43 Å². The van der Waals surface area contributed by atoms with Gasteiger partial charge >= 0.3 is 0 Å². The molecule has 0 saturated carbocycles. The third-order valence-electron chi connectivity index (χ3n) is 3.93. The summed E-state index contributed by atoms with van der Waals surface area (Å²) in [7, 11) is -1.56. The maximum absolute atomic E-state index is 13.2. The van der Waals surface area contributed by atoms with E-state index in [1.165, 1.54) is 23.3 Å². The largest absolute Gasteiger partial charge is 0.547 e. The van der Waals surface area contributed by atoms with Gasteiger partial charge in [-0.15, -0.1) is 5.73 Å². The maximum atomic E-state index is 13.2. The highest BCUT2D eigenvalue weighted by molar-refractivity contribution is 6.70. The highest BCUT2D eigenvalue weighted by Crippen LogP contribution is 2.27. The predicted octanol–water partition coefficient (Wildman–Crippen LogP) is 6.84. The van der Waals surface area contributed by atoms with Crippen LogP contribution in [0.5, 0.6) is 0 Å². The summed E-state index contributed by atoms with van der Waals surface area (Å²) in [4.78, 5) is 0. The zero-order valence-electron chi connectivity index (χ0n) is 15.4. The third kappa shape index (κ3) is 6.14. The van der Waals surface area contributed by atoms with Gasteiger partial charge in [0.05, 0.1) is 5.76 Å². The molecule has 1 nitrogen and oxygen atoms in total. The topological polar surface area (TPSA) is 9.23 Å². The molecule has 0 fully saturated rings. The Hall–Kier alpha value is -1.57. The van der Waals surface area contributed by atoms with Crippen LogP contribution in [0.25, 0.3) is 5.57 Å². The van der Waals surface area contributed by atoms with E-state index in [9.17, 15) is 4.39 Å². The van der Waals surface area contributed by atoms with E-state index in [0.29, 0.717) is 0 Å². The van der Waals surface area contributed by atoms with Crippen molar-refractivity contribution in [2.45, 2.75) is 65.1 Å². The van der Waals surface area contributed by atoms with Gasteiger partial charge in [-0.2, -0.15) is 0 Å². The quantitative estimate of drug-likeness (QED) is 0.405. The molecule has 1 aliphatic carbocycles. The number of rotatable bonds is 6. The first-order chi connectivity index (χ1) is 11.4. The number of benzene rings is 1. The van der Waals surface area contributed by atoms with Crippen molar-refractivity contribution >= 4 is 13.9 Å². The monoisotopic (exact) mass is 344 g/mol. The lowest BCUT2D eigenvalue weighted by Gasteiger charge is -2.24. The number of allylic oxidation sites excluding steroid dienone is 3. The van der Waals surface area contributed by atoms with Crippen LogP contribution in [0.1, 0.15) is 51.0 Å². The summed E-state index contributed by atoms with van der Waals surface area (Å²) >= 11 is 0. The van der Waals surface area contributed by atoms with E-state index >= 15 is 0 Å². The van der Waals surface area contributed by atoms with Crippen LogP contribution in [0.15, 0.2) is 47.4 Å². The number of hydrogen-bond acceptors (Lipinski definition) is 1. The number of unbranched alkanes of at least 4 members (excludes halogenated alkanes) is 1. The summed E-state index contributed by atoms with van der Waals surface area (Å²) in [5.41, 5.74) is 7.08. The molecule has 0 amide bonds. The molecule has 3 heteroatoms. The number of halogens is 1. The van der Waals surface area contributed by atoms with Gasteiger partial charge in [-0.05, 0) is 74.7 Å². The molecular weight excluding hydrogens is 315 g/mol. The van der Waals surface area contributed by atoms with Gasteiger partial charge in [0.25, 0.3) is 0 Å². The molecule has 0 radical (unpaired) electrons. The minimum atomic E-state index is -1.56. The Balaban J connectivity index is 2.36. The Labute approximate surface area is 147 Å². The molecule has 0 aromatic heterocycles. The molecule has 2 rings (SSSR count). The van der Waals surface area contributed by atoms with Gasteiger partial charge < -0.3 is 4.43 Å². The van der Waals surface area contributed by atoms with E-state index in [2.05, 4.69) is 38.4 Å². The third-order valence-corrected chi connectivity index (χ3v) is 4.80. The Morgan fingerprint density at radius 2 is 1.88 bits per heavy atom. The van der Waals surface area contributed by atoms with Crippen molar-refractivity contribution in [2.24, 2.45) is 0 Å². The summed E-state index contributed by atoms with van der Waals surface area (Å²) in [6, 6.07) is 6.79. The molecule has 0 saturated heterocycles. The minimum absolute atomic E-state index is 0.190. The van der Waals surface area contributed by atoms with E-state index in [1.54, 1.807) is 0 Å². The van der Waals surface area contributed by atoms with Gasteiger partial charge in [0.1, 0.15) is 5.82 Å². The molecule has 1 aromatic rings. The molecule has 0 N–H and O–H groups in total. The van der Waals surface area contributed by atoms with Gasteiger partial charge in [0.15, 0.2) is 0 Å². The first kappa shape index (κ1) is 18.8. The lowest BCUT2D eigenvalue weighted by molar-refractivity contribution is 0.388. The lowest BCUT2D eigenvalue weighted by atomic mass is 9.96. The fraction of sp³-hybridized carbons (Fsp3) is 0.476. The molecule has 0 unspecified atom stereocenters. The smallest absolute Gasteiger partial charge is 0.241 e. The van der Waals surface area contributed by atoms with Gasteiger partial charge in [-0.1, -0.05) is 25.5 Å². The first-order valence-electron chi connectivity index (χ1n) is 9.01. The van der Waals surface area contributed by atoms with E-state index in [-0.39, 0.29) is 5.82 Å². The van der Waals surface area contributed by atoms with E-state index in [0.717, 1.165) is 49.8 Å². The Bertz CT molecular complexity index is 643. The molecule has 0 heterocycles. The second-order valence-corrected chi connectivity index (χ2v) is 11.8. The number of hydrogen-bond donors (Lipinski definition) is 0. The molecule has 1 aromatic carbocycles. The molecular formula is C21H29FOSi. The lowest BCUT2D eigenvalue weighted by Crippen LogP contribution is -2.25. The SMILES string of the molecule is CCCCC(=C=C1C=C(O[Si](C)(C)C)CCC1)c1ccc(F)cc1. The second kappa shape index (κ2) is 8.50. The van der Waals surface area contributed by atoms with Crippen LogP contribution in [0.4, 0.5) is 4.39 Å². The Morgan fingerprint density at radius 3 is 2.50 bits per heavy atom. The van der Waals surface area contributed by atoms with Crippen molar-refractivity contribution in [3.05, 3.63) is 58.8 Å². The van der Waals surface area contributed by atoms with Crippen molar-refractivity contribution < 1.29 is 8.82 Å². The van der Waals surface area contributed by atoms with Crippen molar-refractivity contribution in [3.63, 3.8) is 0 Å². The van der Waals surface area contributed by atoms with E-state index in [1.807, 2.05) is 12.1 Å². The van der Waals surface area contributed by atoms with Crippen LogP contribution in [-0.2, 0) is 4.43 Å². The Kier molecular flexibility index (Phi) is 6.65. The molecule has 130 valence electrons. The predicted molar refractivity (Wildman–Crippen MR) is 103 cm³/mol. The van der Waals surface area contributed by atoms with Gasteiger partial charge in [0.2, 0.25) is 8.32 Å². The average Bonchev–Trinajstić information content (AvgIpc) is 2.51. The fourth-order valence-electron chi connectivity index (χ4n) is 2.84. The van der Waals surface area contributed by atoms with Crippen LogP contribution in [0.2, 0.25) is 19.6 Å². The minimum Gasteiger partial charge on any atom is -0.547 e. The van der Waals surface area contributed by atoms with Crippen LogP contribution >= 0.6 is 0 Å². The molecule has 0 atom stereocenters. The highest BCUT2D eigenvalue weighted by atomic mass is 28.4. The van der Waals surface area contributed by atoms with Crippen molar-refractivity contribution in [1.29, 1.82) is 0 Å². The summed E-state index contributed by atoms with van der Waals surface area (Å²) < 4.78 is 19.4. The van der Waals surface area contributed by atoms with Crippen molar-refractivity contribution in [1.82, 2.24) is 0 Å².